The van der Waals surface area contributed by atoms with Crippen LogP contribution in [0, 0.1) is 11.6 Å². The lowest BCUT2D eigenvalue weighted by molar-refractivity contribution is 0.451. The average molecular weight is 237 g/mol. The molecule has 0 bridgehead atoms. The van der Waals surface area contributed by atoms with Crippen LogP contribution in [0.3, 0.4) is 0 Å². The Labute approximate surface area is 87.8 Å². The van der Waals surface area contributed by atoms with E-state index in [1.54, 1.807) is 0 Å². The minimum absolute atomic E-state index is 0.0305. The molecule has 1 nitrogen and oxygen atoms in total. The summed E-state index contributed by atoms with van der Waals surface area (Å²) in [7, 11) is -2.00. The third-order valence-corrected chi connectivity index (χ3v) is 2.41. The molecule has 0 aliphatic carbocycles. The van der Waals surface area contributed by atoms with E-state index in [0.717, 1.165) is 12.1 Å². The van der Waals surface area contributed by atoms with E-state index in [2.05, 4.69) is 0 Å². The lowest BCUT2D eigenvalue weighted by Gasteiger charge is -2.20. The number of benzene rings is 1. The Balaban J connectivity index is 3.09. The van der Waals surface area contributed by atoms with Gasteiger partial charge in [-0.15, -0.1) is 0 Å². The molecule has 0 saturated carbocycles. The zero-order valence-corrected chi connectivity index (χ0v) is 9.95. The van der Waals surface area contributed by atoms with Crippen molar-refractivity contribution >= 4 is 19.9 Å². The van der Waals surface area contributed by atoms with Crippen molar-refractivity contribution in [1.29, 1.82) is 0 Å². The molecule has 1 aromatic rings. The molecule has 1 aromatic carbocycles. The van der Waals surface area contributed by atoms with E-state index in [1.807, 2.05) is 19.6 Å². The molecule has 0 atom stereocenters. The van der Waals surface area contributed by atoms with Crippen LogP contribution in [-0.2, 0) is 0 Å². The van der Waals surface area contributed by atoms with Crippen molar-refractivity contribution in [2.24, 2.45) is 0 Å². The fraction of sp³-hybridized carbons (Fsp3) is 0.333. The number of hydrogen-bond acceptors (Lipinski definition) is 1. The first kappa shape index (κ1) is 11.5. The van der Waals surface area contributed by atoms with Crippen molar-refractivity contribution in [3.8, 4) is 5.75 Å². The van der Waals surface area contributed by atoms with Crippen LogP contribution in [0.4, 0.5) is 8.78 Å². The first-order chi connectivity index (χ1) is 6.29. The van der Waals surface area contributed by atoms with Crippen LogP contribution in [0.15, 0.2) is 12.1 Å². The third kappa shape index (κ3) is 2.96. The molecular formula is C9H11ClF2OSi. The summed E-state index contributed by atoms with van der Waals surface area (Å²) in [6, 6.07) is 2.08. The van der Waals surface area contributed by atoms with Gasteiger partial charge in [0.25, 0.3) is 0 Å². The summed E-state index contributed by atoms with van der Waals surface area (Å²) in [4.78, 5) is 0. The number of rotatable bonds is 2. The molecule has 0 spiro atoms. The summed E-state index contributed by atoms with van der Waals surface area (Å²) >= 11 is 5.47. The van der Waals surface area contributed by atoms with Gasteiger partial charge in [-0.05, 0) is 31.8 Å². The molecule has 0 radical (unpaired) electrons. The Morgan fingerprint density at radius 3 is 1.93 bits per heavy atom. The van der Waals surface area contributed by atoms with Gasteiger partial charge in [0.1, 0.15) is 0 Å². The van der Waals surface area contributed by atoms with Crippen LogP contribution >= 0.6 is 11.6 Å². The summed E-state index contributed by atoms with van der Waals surface area (Å²) in [5, 5.41) is 0.0305. The SMILES string of the molecule is C[Si](C)(C)Oc1c(F)cc(Cl)cc1F. The van der Waals surface area contributed by atoms with Gasteiger partial charge in [-0.3, -0.25) is 0 Å². The van der Waals surface area contributed by atoms with Crippen LogP contribution in [0.25, 0.3) is 0 Å². The van der Waals surface area contributed by atoms with Crippen molar-refractivity contribution < 1.29 is 13.2 Å². The lowest BCUT2D eigenvalue weighted by atomic mass is 10.3. The van der Waals surface area contributed by atoms with Gasteiger partial charge in [0, 0.05) is 5.02 Å². The van der Waals surface area contributed by atoms with E-state index in [1.165, 1.54) is 0 Å². The molecule has 0 unspecified atom stereocenters. The fourth-order valence-electron chi connectivity index (χ4n) is 0.933. The first-order valence-electron chi connectivity index (χ1n) is 4.13. The van der Waals surface area contributed by atoms with E-state index in [0.29, 0.717) is 0 Å². The van der Waals surface area contributed by atoms with Gasteiger partial charge in [0.15, 0.2) is 17.4 Å². The van der Waals surface area contributed by atoms with Gasteiger partial charge in [-0.25, -0.2) is 8.78 Å². The second-order valence-corrected chi connectivity index (χ2v) is 8.78. The van der Waals surface area contributed by atoms with Crippen molar-refractivity contribution in [3.63, 3.8) is 0 Å². The molecule has 0 aromatic heterocycles. The second kappa shape index (κ2) is 3.86. The second-order valence-electron chi connectivity index (χ2n) is 3.91. The van der Waals surface area contributed by atoms with Crippen LogP contribution in [0.1, 0.15) is 0 Å². The van der Waals surface area contributed by atoms with E-state index in [-0.39, 0.29) is 10.8 Å². The van der Waals surface area contributed by atoms with E-state index in [4.69, 9.17) is 16.0 Å². The summed E-state index contributed by atoms with van der Waals surface area (Å²) < 4.78 is 31.7. The van der Waals surface area contributed by atoms with Crippen LogP contribution in [0.2, 0.25) is 24.7 Å². The zero-order valence-electron chi connectivity index (χ0n) is 8.20. The maximum absolute atomic E-state index is 13.2. The van der Waals surface area contributed by atoms with E-state index < -0.39 is 20.0 Å². The number of hydrogen-bond donors (Lipinski definition) is 0. The van der Waals surface area contributed by atoms with Gasteiger partial charge in [0.2, 0.25) is 8.32 Å². The number of halogens is 3. The molecule has 0 heterocycles. The predicted molar refractivity (Wildman–Crippen MR) is 55.3 cm³/mol. The normalized spacial score (nSPS) is 11.6. The van der Waals surface area contributed by atoms with Gasteiger partial charge in [-0.1, -0.05) is 11.6 Å². The van der Waals surface area contributed by atoms with Gasteiger partial charge >= 0.3 is 0 Å². The van der Waals surface area contributed by atoms with Crippen molar-refractivity contribution in [2.75, 3.05) is 0 Å². The highest BCUT2D eigenvalue weighted by atomic mass is 35.5. The largest absolute Gasteiger partial charge is 0.540 e. The molecular weight excluding hydrogens is 226 g/mol. The smallest absolute Gasteiger partial charge is 0.242 e. The molecule has 0 saturated heterocycles. The monoisotopic (exact) mass is 236 g/mol. The van der Waals surface area contributed by atoms with Crippen LogP contribution in [-0.4, -0.2) is 8.32 Å². The van der Waals surface area contributed by atoms with Crippen LogP contribution in [0.5, 0.6) is 5.75 Å². The Hall–Kier alpha value is -0.613. The highest BCUT2D eigenvalue weighted by molar-refractivity contribution is 6.70. The average Bonchev–Trinajstić information content (AvgIpc) is 1.95. The minimum atomic E-state index is -2.00. The molecule has 0 aliphatic rings. The highest BCUT2D eigenvalue weighted by Crippen LogP contribution is 2.27. The van der Waals surface area contributed by atoms with E-state index in [9.17, 15) is 8.78 Å². The standard InChI is InChI=1S/C9H11ClF2OSi/c1-14(2,3)13-9-7(11)4-6(10)5-8(9)12/h4-5H,1-3H3. The molecule has 5 heteroatoms. The highest BCUT2D eigenvalue weighted by Gasteiger charge is 2.21. The maximum Gasteiger partial charge on any atom is 0.242 e. The van der Waals surface area contributed by atoms with Crippen LogP contribution < -0.4 is 4.43 Å². The zero-order chi connectivity index (χ0) is 10.9. The lowest BCUT2D eigenvalue weighted by Crippen LogP contribution is -2.30. The summed E-state index contributed by atoms with van der Waals surface area (Å²) in [5.74, 6) is -1.83. The van der Waals surface area contributed by atoms with Crippen molar-refractivity contribution in [2.45, 2.75) is 19.6 Å². The maximum atomic E-state index is 13.2. The Morgan fingerprint density at radius 1 is 1.14 bits per heavy atom. The van der Waals surface area contributed by atoms with Gasteiger partial charge < -0.3 is 4.43 Å². The molecule has 0 fully saturated rings. The summed E-state index contributed by atoms with van der Waals surface area (Å²) in [5.41, 5.74) is 0. The van der Waals surface area contributed by atoms with Crippen molar-refractivity contribution in [1.82, 2.24) is 0 Å². The predicted octanol–water partition coefficient (Wildman–Crippen LogP) is 3.83. The van der Waals surface area contributed by atoms with Gasteiger partial charge in [-0.2, -0.15) is 0 Å². The Morgan fingerprint density at radius 2 is 1.57 bits per heavy atom. The molecule has 0 amide bonds. The quantitative estimate of drug-likeness (QED) is 0.709. The molecule has 14 heavy (non-hydrogen) atoms. The Bertz CT molecular complexity index is 326. The molecule has 1 rings (SSSR count). The molecule has 0 aliphatic heterocycles. The van der Waals surface area contributed by atoms with E-state index >= 15 is 0 Å². The van der Waals surface area contributed by atoms with Gasteiger partial charge in [0.05, 0.1) is 0 Å². The topological polar surface area (TPSA) is 9.23 Å². The molecule has 78 valence electrons. The van der Waals surface area contributed by atoms with Crippen molar-refractivity contribution in [3.05, 3.63) is 28.8 Å². The Kier molecular flexibility index (Phi) is 3.16. The minimum Gasteiger partial charge on any atom is -0.540 e. The fourth-order valence-corrected chi connectivity index (χ4v) is 1.93. The summed E-state index contributed by atoms with van der Waals surface area (Å²) in [6.07, 6.45) is 0. The summed E-state index contributed by atoms with van der Waals surface area (Å²) in [6.45, 7) is 5.54. The third-order valence-electron chi connectivity index (χ3n) is 1.37. The molecule has 0 N–H and O–H groups in total. The first-order valence-corrected chi connectivity index (χ1v) is 7.92.